The SMILES string of the molecule is Cc1cccnc1CSc1n[nH]c(N)n1. The maximum atomic E-state index is 5.42. The number of aromatic nitrogens is 4. The van der Waals surface area contributed by atoms with Gasteiger partial charge in [-0.3, -0.25) is 4.98 Å². The van der Waals surface area contributed by atoms with E-state index >= 15 is 0 Å². The van der Waals surface area contributed by atoms with Gasteiger partial charge in [0.15, 0.2) is 0 Å². The first-order chi connectivity index (χ1) is 7.25. The zero-order valence-electron chi connectivity index (χ0n) is 8.27. The summed E-state index contributed by atoms with van der Waals surface area (Å²) in [4.78, 5) is 8.28. The molecule has 0 spiro atoms. The van der Waals surface area contributed by atoms with Crippen LogP contribution in [-0.4, -0.2) is 20.2 Å². The molecular weight excluding hydrogens is 210 g/mol. The summed E-state index contributed by atoms with van der Waals surface area (Å²) in [6.45, 7) is 2.04. The van der Waals surface area contributed by atoms with E-state index in [0.717, 1.165) is 11.4 Å². The number of aromatic amines is 1. The molecule has 2 aromatic rings. The molecule has 0 aromatic carbocycles. The molecule has 0 atom stereocenters. The third-order valence-electron chi connectivity index (χ3n) is 1.94. The summed E-state index contributed by atoms with van der Waals surface area (Å²) in [5.74, 6) is 1.10. The number of anilines is 1. The first-order valence-corrected chi connectivity index (χ1v) is 5.45. The largest absolute Gasteiger partial charge is 0.368 e. The molecule has 0 bridgehead atoms. The molecule has 78 valence electrons. The third-order valence-corrected chi connectivity index (χ3v) is 2.80. The first-order valence-electron chi connectivity index (χ1n) is 4.47. The highest BCUT2D eigenvalue weighted by Crippen LogP contribution is 2.19. The lowest BCUT2D eigenvalue weighted by Gasteiger charge is -2.00. The fourth-order valence-electron chi connectivity index (χ4n) is 1.13. The molecule has 0 aliphatic heterocycles. The Kier molecular flexibility index (Phi) is 2.86. The smallest absolute Gasteiger partial charge is 0.216 e. The number of thioether (sulfide) groups is 1. The Labute approximate surface area is 91.5 Å². The standard InChI is InChI=1S/C9H11N5S/c1-6-3-2-4-11-7(6)5-15-9-12-8(10)13-14-9/h2-4H,5H2,1H3,(H3,10,12,13,14). The van der Waals surface area contributed by atoms with Crippen LogP contribution < -0.4 is 5.73 Å². The quantitative estimate of drug-likeness (QED) is 0.765. The number of H-pyrrole nitrogens is 1. The highest BCUT2D eigenvalue weighted by atomic mass is 32.2. The van der Waals surface area contributed by atoms with Gasteiger partial charge in [0.1, 0.15) is 0 Å². The van der Waals surface area contributed by atoms with Crippen LogP contribution in [0.2, 0.25) is 0 Å². The normalized spacial score (nSPS) is 10.5. The van der Waals surface area contributed by atoms with Crippen molar-refractivity contribution in [2.45, 2.75) is 17.8 Å². The second-order valence-electron chi connectivity index (χ2n) is 3.06. The van der Waals surface area contributed by atoms with Crippen LogP contribution in [-0.2, 0) is 5.75 Å². The summed E-state index contributed by atoms with van der Waals surface area (Å²) < 4.78 is 0. The highest BCUT2D eigenvalue weighted by Gasteiger charge is 2.04. The number of aryl methyl sites for hydroxylation is 1. The van der Waals surface area contributed by atoms with E-state index in [1.54, 1.807) is 6.20 Å². The Morgan fingerprint density at radius 1 is 1.53 bits per heavy atom. The van der Waals surface area contributed by atoms with Gasteiger partial charge in [-0.15, -0.1) is 5.10 Å². The fraction of sp³-hybridized carbons (Fsp3) is 0.222. The molecule has 0 radical (unpaired) electrons. The average Bonchev–Trinajstić information content (AvgIpc) is 2.63. The van der Waals surface area contributed by atoms with Gasteiger partial charge in [-0.25, -0.2) is 5.10 Å². The zero-order chi connectivity index (χ0) is 10.7. The van der Waals surface area contributed by atoms with E-state index in [-0.39, 0.29) is 0 Å². The van der Waals surface area contributed by atoms with Crippen molar-refractivity contribution in [3.8, 4) is 0 Å². The van der Waals surface area contributed by atoms with Gasteiger partial charge < -0.3 is 5.73 Å². The molecule has 0 saturated heterocycles. The Balaban J connectivity index is 2.02. The molecule has 2 heterocycles. The van der Waals surface area contributed by atoms with Crippen molar-refractivity contribution in [3.63, 3.8) is 0 Å². The lowest BCUT2D eigenvalue weighted by atomic mass is 10.2. The van der Waals surface area contributed by atoms with E-state index in [4.69, 9.17) is 5.73 Å². The van der Waals surface area contributed by atoms with Gasteiger partial charge in [0.05, 0.1) is 5.69 Å². The number of nitrogens with zero attached hydrogens (tertiary/aromatic N) is 3. The molecule has 6 heteroatoms. The van der Waals surface area contributed by atoms with Gasteiger partial charge in [0.2, 0.25) is 11.1 Å². The number of nitrogens with one attached hydrogen (secondary N) is 1. The molecule has 2 rings (SSSR count). The van der Waals surface area contributed by atoms with E-state index in [1.165, 1.54) is 17.3 Å². The minimum atomic E-state index is 0.343. The number of pyridine rings is 1. The number of nitrogens with two attached hydrogens (primary N) is 1. The first kappa shape index (κ1) is 9.97. The molecule has 15 heavy (non-hydrogen) atoms. The fourth-order valence-corrected chi connectivity index (χ4v) is 1.97. The predicted octanol–water partition coefficient (Wildman–Crippen LogP) is 1.38. The van der Waals surface area contributed by atoms with E-state index in [2.05, 4.69) is 20.2 Å². The third kappa shape index (κ3) is 2.47. The highest BCUT2D eigenvalue weighted by molar-refractivity contribution is 7.98. The molecule has 0 saturated carbocycles. The molecule has 0 unspecified atom stereocenters. The van der Waals surface area contributed by atoms with Crippen molar-refractivity contribution in [2.75, 3.05) is 5.73 Å². The number of hydrogen-bond donors (Lipinski definition) is 2. The maximum Gasteiger partial charge on any atom is 0.216 e. The Bertz CT molecular complexity index is 453. The number of rotatable bonds is 3. The van der Waals surface area contributed by atoms with Gasteiger partial charge in [-0.1, -0.05) is 17.8 Å². The minimum Gasteiger partial charge on any atom is -0.368 e. The number of nitrogen functional groups attached to an aromatic ring is 1. The average molecular weight is 221 g/mol. The lowest BCUT2D eigenvalue weighted by Crippen LogP contribution is -1.90. The van der Waals surface area contributed by atoms with Crippen LogP contribution in [0.15, 0.2) is 23.5 Å². The molecule has 0 amide bonds. The van der Waals surface area contributed by atoms with E-state index < -0.39 is 0 Å². The van der Waals surface area contributed by atoms with E-state index in [9.17, 15) is 0 Å². The van der Waals surface area contributed by atoms with Gasteiger partial charge in [-0.2, -0.15) is 4.98 Å². The van der Waals surface area contributed by atoms with Crippen LogP contribution in [0.5, 0.6) is 0 Å². The minimum absolute atomic E-state index is 0.343. The second-order valence-corrected chi connectivity index (χ2v) is 4.00. The van der Waals surface area contributed by atoms with Crippen LogP contribution in [0.3, 0.4) is 0 Å². The van der Waals surface area contributed by atoms with E-state index in [0.29, 0.717) is 11.1 Å². The van der Waals surface area contributed by atoms with Gasteiger partial charge >= 0.3 is 0 Å². The molecule has 0 aliphatic rings. The Hall–Kier alpha value is -1.56. The Morgan fingerprint density at radius 3 is 3.07 bits per heavy atom. The van der Waals surface area contributed by atoms with Gasteiger partial charge in [0, 0.05) is 11.9 Å². The zero-order valence-corrected chi connectivity index (χ0v) is 9.08. The Morgan fingerprint density at radius 2 is 2.40 bits per heavy atom. The van der Waals surface area contributed by atoms with Crippen molar-refractivity contribution in [2.24, 2.45) is 0 Å². The topological polar surface area (TPSA) is 80.5 Å². The number of hydrogen-bond acceptors (Lipinski definition) is 5. The van der Waals surface area contributed by atoms with Crippen LogP contribution in [0.1, 0.15) is 11.3 Å². The summed E-state index contributed by atoms with van der Waals surface area (Å²) >= 11 is 1.51. The van der Waals surface area contributed by atoms with Crippen LogP contribution in [0.25, 0.3) is 0 Å². The molecule has 0 fully saturated rings. The molecule has 3 N–H and O–H groups in total. The summed E-state index contributed by atoms with van der Waals surface area (Å²) in [5.41, 5.74) is 7.64. The van der Waals surface area contributed by atoms with Crippen LogP contribution in [0.4, 0.5) is 5.95 Å². The van der Waals surface area contributed by atoms with E-state index in [1.807, 2.05) is 19.1 Å². The van der Waals surface area contributed by atoms with Crippen LogP contribution in [0, 0.1) is 6.92 Å². The van der Waals surface area contributed by atoms with Crippen molar-refractivity contribution in [1.29, 1.82) is 0 Å². The summed E-state index contributed by atoms with van der Waals surface area (Å²) in [6.07, 6.45) is 1.79. The van der Waals surface area contributed by atoms with Crippen LogP contribution >= 0.6 is 11.8 Å². The predicted molar refractivity (Wildman–Crippen MR) is 59.3 cm³/mol. The van der Waals surface area contributed by atoms with Crippen molar-refractivity contribution in [1.82, 2.24) is 20.2 Å². The maximum absolute atomic E-state index is 5.42. The molecular formula is C9H11N5S. The van der Waals surface area contributed by atoms with Crippen molar-refractivity contribution in [3.05, 3.63) is 29.6 Å². The summed E-state index contributed by atoms with van der Waals surface area (Å²) in [5, 5.41) is 7.18. The van der Waals surface area contributed by atoms with Crippen molar-refractivity contribution >= 4 is 17.7 Å². The molecule has 5 nitrogen and oxygen atoms in total. The lowest BCUT2D eigenvalue weighted by molar-refractivity contribution is 0.971. The van der Waals surface area contributed by atoms with Gasteiger partial charge in [0.25, 0.3) is 0 Å². The second kappa shape index (κ2) is 4.31. The monoisotopic (exact) mass is 221 g/mol. The summed E-state index contributed by atoms with van der Waals surface area (Å²) in [6, 6.07) is 3.96. The summed E-state index contributed by atoms with van der Waals surface area (Å²) in [7, 11) is 0. The molecule has 0 aliphatic carbocycles. The van der Waals surface area contributed by atoms with Crippen molar-refractivity contribution < 1.29 is 0 Å². The molecule has 2 aromatic heterocycles. The van der Waals surface area contributed by atoms with Gasteiger partial charge in [-0.05, 0) is 18.6 Å².